The maximum Gasteiger partial charge on any atom is 0.185 e. The minimum Gasteiger partial charge on any atom is -0.348 e. The summed E-state index contributed by atoms with van der Waals surface area (Å²) in [5.74, 6) is 0.846. The number of rotatable bonds is 1. The second-order valence-electron chi connectivity index (χ2n) is 3.15. The molecule has 2 nitrogen and oxygen atoms in total. The molecule has 0 amide bonds. The van der Waals surface area contributed by atoms with Crippen LogP contribution in [-0.4, -0.2) is 18.1 Å². The van der Waals surface area contributed by atoms with E-state index in [0.717, 1.165) is 5.92 Å². The number of hydrogen-bond acceptors (Lipinski definition) is 3. The van der Waals surface area contributed by atoms with Crippen LogP contribution < -0.4 is 4.90 Å². The van der Waals surface area contributed by atoms with Crippen molar-refractivity contribution < 1.29 is 0 Å². The van der Waals surface area contributed by atoms with Gasteiger partial charge in [0.25, 0.3) is 0 Å². The normalized spacial score (nSPS) is 24.5. The smallest absolute Gasteiger partial charge is 0.185 e. The predicted octanol–water partition coefficient (Wildman–Crippen LogP) is 1.99. The van der Waals surface area contributed by atoms with Gasteiger partial charge in [0, 0.05) is 24.7 Å². The van der Waals surface area contributed by atoms with Crippen LogP contribution in [0, 0.1) is 5.92 Å². The van der Waals surface area contributed by atoms with Crippen molar-refractivity contribution in [1.82, 2.24) is 4.98 Å². The molecule has 1 saturated heterocycles. The Kier molecular flexibility index (Phi) is 1.82. The monoisotopic (exact) mass is 168 g/mol. The lowest BCUT2D eigenvalue weighted by molar-refractivity contribution is 0.659. The van der Waals surface area contributed by atoms with E-state index in [1.165, 1.54) is 24.6 Å². The molecule has 1 aromatic heterocycles. The third-order valence-electron chi connectivity index (χ3n) is 2.11. The molecule has 1 fully saturated rings. The van der Waals surface area contributed by atoms with Gasteiger partial charge < -0.3 is 4.90 Å². The molecule has 0 aliphatic carbocycles. The van der Waals surface area contributed by atoms with Crippen LogP contribution in [0.2, 0.25) is 0 Å². The molecule has 2 heterocycles. The Bertz CT molecular complexity index is 220. The molecule has 60 valence electrons. The largest absolute Gasteiger partial charge is 0.348 e. The molecule has 1 unspecified atom stereocenters. The van der Waals surface area contributed by atoms with Crippen molar-refractivity contribution in [3.05, 3.63) is 11.6 Å². The fraction of sp³-hybridized carbons (Fsp3) is 0.625. The average molecular weight is 168 g/mol. The van der Waals surface area contributed by atoms with Gasteiger partial charge in [0.15, 0.2) is 5.13 Å². The molecule has 0 bridgehead atoms. The Balaban J connectivity index is 2.08. The molecule has 1 aliphatic heterocycles. The van der Waals surface area contributed by atoms with Gasteiger partial charge in [-0.3, -0.25) is 0 Å². The van der Waals surface area contributed by atoms with E-state index in [0.29, 0.717) is 0 Å². The summed E-state index contributed by atoms with van der Waals surface area (Å²) >= 11 is 1.74. The lowest BCUT2D eigenvalue weighted by Crippen LogP contribution is -2.18. The highest BCUT2D eigenvalue weighted by molar-refractivity contribution is 7.13. The highest BCUT2D eigenvalue weighted by Crippen LogP contribution is 2.24. The van der Waals surface area contributed by atoms with E-state index in [2.05, 4.69) is 16.8 Å². The molecule has 2 rings (SSSR count). The molecule has 0 radical (unpaired) electrons. The zero-order chi connectivity index (χ0) is 7.68. The number of thiazole rings is 1. The Morgan fingerprint density at radius 1 is 1.73 bits per heavy atom. The van der Waals surface area contributed by atoms with Crippen LogP contribution in [0.3, 0.4) is 0 Å². The first-order chi connectivity index (χ1) is 5.36. The molecule has 3 heteroatoms. The van der Waals surface area contributed by atoms with E-state index in [4.69, 9.17) is 0 Å². The predicted molar refractivity (Wildman–Crippen MR) is 48.1 cm³/mol. The van der Waals surface area contributed by atoms with E-state index in [-0.39, 0.29) is 0 Å². The van der Waals surface area contributed by atoms with Gasteiger partial charge in [-0.2, -0.15) is 0 Å². The van der Waals surface area contributed by atoms with Crippen LogP contribution in [0.1, 0.15) is 13.3 Å². The highest BCUT2D eigenvalue weighted by Gasteiger charge is 2.19. The van der Waals surface area contributed by atoms with Crippen LogP contribution in [0.4, 0.5) is 5.13 Å². The van der Waals surface area contributed by atoms with Gasteiger partial charge in [0.05, 0.1) is 0 Å². The second kappa shape index (κ2) is 2.81. The fourth-order valence-electron chi connectivity index (χ4n) is 1.48. The van der Waals surface area contributed by atoms with E-state index >= 15 is 0 Å². The maximum atomic E-state index is 4.28. The minimum absolute atomic E-state index is 0.846. The second-order valence-corrected chi connectivity index (χ2v) is 4.03. The molecular formula is C8H12N2S. The topological polar surface area (TPSA) is 16.1 Å². The first kappa shape index (κ1) is 7.10. The van der Waals surface area contributed by atoms with Crippen LogP contribution in [-0.2, 0) is 0 Å². The van der Waals surface area contributed by atoms with E-state index < -0.39 is 0 Å². The van der Waals surface area contributed by atoms with Crippen molar-refractivity contribution in [3.8, 4) is 0 Å². The summed E-state index contributed by atoms with van der Waals surface area (Å²) in [4.78, 5) is 6.65. The summed E-state index contributed by atoms with van der Waals surface area (Å²) in [6.45, 7) is 4.68. The van der Waals surface area contributed by atoms with Crippen molar-refractivity contribution in [2.75, 3.05) is 18.0 Å². The number of nitrogens with zero attached hydrogens (tertiary/aromatic N) is 2. The Labute approximate surface area is 70.9 Å². The van der Waals surface area contributed by atoms with Crippen molar-refractivity contribution in [2.45, 2.75) is 13.3 Å². The summed E-state index contributed by atoms with van der Waals surface area (Å²) in [5, 5.41) is 3.23. The van der Waals surface area contributed by atoms with E-state index in [9.17, 15) is 0 Å². The van der Waals surface area contributed by atoms with E-state index in [1.807, 2.05) is 11.6 Å². The summed E-state index contributed by atoms with van der Waals surface area (Å²) < 4.78 is 0. The zero-order valence-corrected chi connectivity index (χ0v) is 7.47. The maximum absolute atomic E-state index is 4.28. The van der Waals surface area contributed by atoms with Gasteiger partial charge >= 0.3 is 0 Å². The molecule has 0 spiro atoms. The molecule has 1 aliphatic rings. The quantitative estimate of drug-likeness (QED) is 0.637. The SMILES string of the molecule is CC1CCN(c2nccs2)C1. The summed E-state index contributed by atoms with van der Waals surface area (Å²) in [6, 6.07) is 0. The highest BCUT2D eigenvalue weighted by atomic mass is 32.1. The summed E-state index contributed by atoms with van der Waals surface area (Å²) in [6.07, 6.45) is 3.20. The van der Waals surface area contributed by atoms with Gasteiger partial charge in [-0.25, -0.2) is 4.98 Å². The zero-order valence-electron chi connectivity index (χ0n) is 6.66. The van der Waals surface area contributed by atoms with Crippen molar-refractivity contribution >= 4 is 16.5 Å². The number of aromatic nitrogens is 1. The molecule has 11 heavy (non-hydrogen) atoms. The van der Waals surface area contributed by atoms with Crippen molar-refractivity contribution in [1.29, 1.82) is 0 Å². The van der Waals surface area contributed by atoms with Gasteiger partial charge in [-0.05, 0) is 12.3 Å². The van der Waals surface area contributed by atoms with Gasteiger partial charge in [-0.1, -0.05) is 6.92 Å². The molecular weight excluding hydrogens is 156 g/mol. The third kappa shape index (κ3) is 1.38. The minimum atomic E-state index is 0.846. The van der Waals surface area contributed by atoms with Crippen LogP contribution in [0.25, 0.3) is 0 Å². The number of hydrogen-bond donors (Lipinski definition) is 0. The third-order valence-corrected chi connectivity index (χ3v) is 2.95. The average Bonchev–Trinajstić information content (AvgIpc) is 2.55. The van der Waals surface area contributed by atoms with Crippen LogP contribution in [0.15, 0.2) is 11.6 Å². The van der Waals surface area contributed by atoms with Crippen LogP contribution in [0.5, 0.6) is 0 Å². The standard InChI is InChI=1S/C8H12N2S/c1-7-2-4-10(6-7)8-9-3-5-11-8/h3,5,7H,2,4,6H2,1H3. The van der Waals surface area contributed by atoms with E-state index in [1.54, 1.807) is 11.3 Å². The molecule has 0 aromatic carbocycles. The Hall–Kier alpha value is -0.570. The first-order valence-corrected chi connectivity index (χ1v) is 4.88. The summed E-state index contributed by atoms with van der Waals surface area (Å²) in [7, 11) is 0. The molecule has 1 atom stereocenters. The Morgan fingerprint density at radius 3 is 3.18 bits per heavy atom. The molecule has 1 aromatic rings. The lowest BCUT2D eigenvalue weighted by atomic mass is 10.2. The summed E-state index contributed by atoms with van der Waals surface area (Å²) in [5.41, 5.74) is 0. The molecule has 0 N–H and O–H groups in total. The van der Waals surface area contributed by atoms with Gasteiger partial charge in [0.1, 0.15) is 0 Å². The van der Waals surface area contributed by atoms with Crippen molar-refractivity contribution in [3.63, 3.8) is 0 Å². The first-order valence-electron chi connectivity index (χ1n) is 4.00. The van der Waals surface area contributed by atoms with Crippen LogP contribution >= 0.6 is 11.3 Å². The lowest BCUT2D eigenvalue weighted by Gasteiger charge is -2.12. The molecule has 0 saturated carbocycles. The van der Waals surface area contributed by atoms with Gasteiger partial charge in [0.2, 0.25) is 0 Å². The van der Waals surface area contributed by atoms with Crippen molar-refractivity contribution in [2.24, 2.45) is 5.92 Å². The number of anilines is 1. The Morgan fingerprint density at radius 2 is 2.64 bits per heavy atom. The van der Waals surface area contributed by atoms with Gasteiger partial charge in [-0.15, -0.1) is 11.3 Å². The fourth-order valence-corrected chi connectivity index (χ4v) is 2.16.